The Balaban J connectivity index is 2.86. The van der Waals surface area contributed by atoms with Crippen LogP contribution >= 0.6 is 0 Å². The monoisotopic (exact) mass is 192 g/mol. The first-order valence-corrected chi connectivity index (χ1v) is 4.32. The van der Waals surface area contributed by atoms with Crippen LogP contribution in [0.4, 0.5) is 0 Å². The van der Waals surface area contributed by atoms with Crippen LogP contribution in [-0.4, -0.2) is 24.3 Å². The van der Waals surface area contributed by atoms with Crippen LogP contribution in [0.1, 0.15) is 12.5 Å². The maximum absolute atomic E-state index is 8.74. The number of rotatable bonds is 3. The van der Waals surface area contributed by atoms with Gasteiger partial charge < -0.3 is 14.8 Å². The fourth-order valence-electron chi connectivity index (χ4n) is 1.17. The summed E-state index contributed by atoms with van der Waals surface area (Å²) in [5.74, 6) is 2.16. The van der Waals surface area contributed by atoms with Crippen LogP contribution in [0.3, 0.4) is 0 Å². The molecule has 2 N–H and O–H groups in total. The van der Waals surface area contributed by atoms with Crippen LogP contribution in [-0.2, 0) is 0 Å². The average molecular weight is 192 g/mol. The maximum Gasteiger partial charge on any atom is 0.480 e. The largest absolute Gasteiger partial charge is 0.497 e. The second-order valence-corrected chi connectivity index (χ2v) is 2.99. The summed E-state index contributed by atoms with van der Waals surface area (Å²) in [6.07, 6.45) is 0. The quantitative estimate of drug-likeness (QED) is 0.705. The predicted molar refractivity (Wildman–Crippen MR) is 56.8 cm³/mol. The Morgan fingerprint density at radius 2 is 1.86 bits per heavy atom. The van der Waals surface area contributed by atoms with Crippen molar-refractivity contribution in [3.8, 4) is 5.75 Å². The normalized spacial score (nSPS) is 11.3. The molecule has 1 aromatic carbocycles. The van der Waals surface area contributed by atoms with Gasteiger partial charge in [-0.3, -0.25) is 0 Å². The van der Waals surface area contributed by atoms with Crippen molar-refractivity contribution >= 4 is 12.7 Å². The summed E-state index contributed by atoms with van der Waals surface area (Å²) in [6, 6.07) is 7.40. The van der Waals surface area contributed by atoms with Crippen molar-refractivity contribution in [1.82, 2.24) is 0 Å². The Bertz CT molecular complexity index is 317. The van der Waals surface area contributed by atoms with Crippen LogP contribution in [0.5, 0.6) is 5.75 Å². The van der Waals surface area contributed by atoms with Gasteiger partial charge in [0, 0.05) is 0 Å². The third-order valence-electron chi connectivity index (χ3n) is 1.94. The van der Waals surface area contributed by atoms with E-state index in [1.165, 1.54) is 5.98 Å². The van der Waals surface area contributed by atoms with E-state index < -0.39 is 7.12 Å². The minimum Gasteiger partial charge on any atom is -0.497 e. The fraction of sp³-hybridized carbons (Fsp3) is 0.200. The summed E-state index contributed by atoms with van der Waals surface area (Å²) in [5, 5.41) is 17.5. The van der Waals surface area contributed by atoms with Gasteiger partial charge in [0.05, 0.1) is 7.11 Å². The van der Waals surface area contributed by atoms with Crippen LogP contribution in [0, 0.1) is 0 Å². The van der Waals surface area contributed by atoms with Gasteiger partial charge in [-0.2, -0.15) is 0 Å². The lowest BCUT2D eigenvalue weighted by molar-refractivity contribution is 0.415. The summed E-state index contributed by atoms with van der Waals surface area (Å²) in [4.78, 5) is 0. The van der Waals surface area contributed by atoms with E-state index in [2.05, 4.69) is 0 Å². The first-order valence-electron chi connectivity index (χ1n) is 4.32. The van der Waals surface area contributed by atoms with Crippen LogP contribution in [0.2, 0.25) is 0 Å². The molecule has 0 saturated carbocycles. The minimum absolute atomic E-state index is 0.783. The molecule has 0 radical (unpaired) electrons. The molecule has 0 saturated heterocycles. The van der Waals surface area contributed by atoms with Crippen molar-refractivity contribution in [2.75, 3.05) is 7.11 Å². The van der Waals surface area contributed by atoms with Gasteiger partial charge in [0.25, 0.3) is 0 Å². The SMILES string of the molecule is COc1ccc(/C(C)=C/B(O)O)cc1. The molecule has 0 atom stereocenters. The van der Waals surface area contributed by atoms with Gasteiger partial charge in [0.2, 0.25) is 0 Å². The molecular formula is C10H13BO3. The van der Waals surface area contributed by atoms with Gasteiger partial charge in [-0.05, 0) is 24.6 Å². The zero-order chi connectivity index (χ0) is 10.6. The van der Waals surface area contributed by atoms with Gasteiger partial charge in [-0.25, -0.2) is 0 Å². The third kappa shape index (κ3) is 2.90. The summed E-state index contributed by atoms with van der Waals surface area (Å²) in [5.41, 5.74) is 1.77. The highest BCUT2D eigenvalue weighted by Gasteiger charge is 2.03. The van der Waals surface area contributed by atoms with E-state index in [0.717, 1.165) is 16.9 Å². The zero-order valence-corrected chi connectivity index (χ0v) is 8.27. The molecule has 0 aliphatic rings. The topological polar surface area (TPSA) is 49.7 Å². The number of hydrogen-bond acceptors (Lipinski definition) is 3. The summed E-state index contributed by atoms with van der Waals surface area (Å²) in [7, 11) is 0.201. The molecular weight excluding hydrogens is 179 g/mol. The Morgan fingerprint density at radius 1 is 1.29 bits per heavy atom. The van der Waals surface area contributed by atoms with Crippen LogP contribution < -0.4 is 4.74 Å². The van der Waals surface area contributed by atoms with Crippen LogP contribution in [0.15, 0.2) is 30.2 Å². The Kier molecular flexibility index (Phi) is 3.74. The molecule has 0 aromatic heterocycles. The number of methoxy groups -OCH3 is 1. The smallest absolute Gasteiger partial charge is 0.480 e. The first kappa shape index (κ1) is 10.8. The molecule has 1 aromatic rings. The van der Waals surface area contributed by atoms with Crippen molar-refractivity contribution in [2.45, 2.75) is 6.92 Å². The van der Waals surface area contributed by atoms with Crippen molar-refractivity contribution in [3.05, 3.63) is 35.8 Å². The molecule has 4 heteroatoms. The van der Waals surface area contributed by atoms with Crippen LogP contribution in [0.25, 0.3) is 5.57 Å². The molecule has 0 aliphatic carbocycles. The highest BCUT2D eigenvalue weighted by Crippen LogP contribution is 2.17. The van der Waals surface area contributed by atoms with Crippen molar-refractivity contribution in [1.29, 1.82) is 0 Å². The second kappa shape index (κ2) is 4.84. The maximum atomic E-state index is 8.74. The summed E-state index contributed by atoms with van der Waals surface area (Å²) in [6.45, 7) is 1.82. The van der Waals surface area contributed by atoms with E-state index in [9.17, 15) is 0 Å². The molecule has 0 bridgehead atoms. The van der Waals surface area contributed by atoms with Gasteiger partial charge in [-0.15, -0.1) is 0 Å². The van der Waals surface area contributed by atoms with Gasteiger partial charge >= 0.3 is 7.12 Å². The minimum atomic E-state index is -1.41. The molecule has 0 heterocycles. The number of benzene rings is 1. The molecule has 0 aliphatic heterocycles. The lowest BCUT2D eigenvalue weighted by Crippen LogP contribution is -2.06. The summed E-state index contributed by atoms with van der Waals surface area (Å²) >= 11 is 0. The zero-order valence-electron chi connectivity index (χ0n) is 8.27. The Labute approximate surface area is 83.8 Å². The van der Waals surface area contributed by atoms with Gasteiger partial charge in [-0.1, -0.05) is 23.7 Å². The molecule has 0 spiro atoms. The molecule has 3 nitrogen and oxygen atoms in total. The number of ether oxygens (including phenoxy) is 1. The number of hydrogen-bond donors (Lipinski definition) is 2. The molecule has 0 fully saturated rings. The van der Waals surface area contributed by atoms with Crippen molar-refractivity contribution < 1.29 is 14.8 Å². The fourth-order valence-corrected chi connectivity index (χ4v) is 1.17. The first-order chi connectivity index (χ1) is 6.63. The molecule has 14 heavy (non-hydrogen) atoms. The van der Waals surface area contributed by atoms with E-state index in [1.807, 2.05) is 31.2 Å². The molecule has 1 rings (SSSR count). The van der Waals surface area contributed by atoms with Crippen molar-refractivity contribution in [3.63, 3.8) is 0 Å². The summed E-state index contributed by atoms with van der Waals surface area (Å²) < 4.78 is 5.01. The van der Waals surface area contributed by atoms with Gasteiger partial charge in [0.1, 0.15) is 5.75 Å². The van der Waals surface area contributed by atoms with Gasteiger partial charge in [0.15, 0.2) is 0 Å². The Morgan fingerprint density at radius 3 is 2.29 bits per heavy atom. The lowest BCUT2D eigenvalue weighted by atomic mass is 9.87. The van der Waals surface area contributed by atoms with E-state index in [1.54, 1.807) is 7.11 Å². The third-order valence-corrected chi connectivity index (χ3v) is 1.94. The van der Waals surface area contributed by atoms with Crippen molar-refractivity contribution in [2.24, 2.45) is 0 Å². The standard InChI is InChI=1S/C10H13BO3/c1-8(7-11(12)13)9-3-5-10(14-2)6-4-9/h3-7,12-13H,1-2H3/b8-7+. The highest BCUT2D eigenvalue weighted by molar-refractivity contribution is 6.49. The molecule has 74 valence electrons. The molecule has 0 amide bonds. The second-order valence-electron chi connectivity index (χ2n) is 2.99. The van der Waals surface area contributed by atoms with E-state index in [4.69, 9.17) is 14.8 Å². The predicted octanol–water partition coefficient (Wildman–Crippen LogP) is 1.11. The van der Waals surface area contributed by atoms with E-state index in [0.29, 0.717) is 0 Å². The molecule has 0 unspecified atom stereocenters. The average Bonchev–Trinajstić information content (AvgIpc) is 2.17. The Hall–Kier alpha value is -1.26. The number of allylic oxidation sites excluding steroid dienone is 1. The lowest BCUT2D eigenvalue weighted by Gasteiger charge is -2.03. The highest BCUT2D eigenvalue weighted by atomic mass is 16.5. The van der Waals surface area contributed by atoms with E-state index >= 15 is 0 Å². The van der Waals surface area contributed by atoms with E-state index in [-0.39, 0.29) is 0 Å².